The second-order valence-corrected chi connectivity index (χ2v) is 8.90. The number of nitrogens with zero attached hydrogens (tertiary/aromatic N) is 2. The summed E-state index contributed by atoms with van der Waals surface area (Å²) in [5.41, 5.74) is 2.57. The minimum atomic E-state index is -1.09. The lowest BCUT2D eigenvalue weighted by Crippen LogP contribution is -2.38. The first kappa shape index (κ1) is 24.4. The van der Waals surface area contributed by atoms with E-state index < -0.39 is 23.7 Å². The fourth-order valence-electron chi connectivity index (χ4n) is 3.47. The maximum atomic E-state index is 14.2. The molecule has 2 atom stereocenters. The van der Waals surface area contributed by atoms with Crippen LogP contribution in [0.2, 0.25) is 5.02 Å². The van der Waals surface area contributed by atoms with Crippen LogP contribution in [0.3, 0.4) is 0 Å². The van der Waals surface area contributed by atoms with E-state index in [9.17, 15) is 19.1 Å². The zero-order valence-electron chi connectivity index (χ0n) is 17.7. The van der Waals surface area contributed by atoms with Crippen LogP contribution in [0.1, 0.15) is 33.8 Å². The molecule has 0 aliphatic heterocycles. The summed E-state index contributed by atoms with van der Waals surface area (Å²) < 4.78 is 18.3. The number of halogens is 2. The summed E-state index contributed by atoms with van der Waals surface area (Å²) in [6.45, 7) is 1.78. The number of hydrogen-bond donors (Lipinski definition) is 2. The van der Waals surface area contributed by atoms with Crippen molar-refractivity contribution in [1.29, 1.82) is 5.26 Å². The summed E-state index contributed by atoms with van der Waals surface area (Å²) in [5, 5.41) is 21.8. The number of aliphatic carboxylic acids is 1. The van der Waals surface area contributed by atoms with E-state index in [1.807, 2.05) is 6.07 Å². The highest BCUT2D eigenvalue weighted by Crippen LogP contribution is 2.27. The average Bonchev–Trinajstić information content (AvgIpc) is 3.22. The van der Waals surface area contributed by atoms with Gasteiger partial charge in [-0.2, -0.15) is 9.64 Å². The minimum absolute atomic E-state index is 0.0943. The standard InChI is InChI=1S/C24H21ClFN3O3S/c1-14-10-22(33-29-14)23(30)28-19(12-17(8-9-27)24(31)32)11-15-2-4-16(5-3-15)20-13-18(25)6-7-21(20)26/h2-7,10,13,17,19H,8,11-12H2,1H3,(H,28,30)(H,31,32). The SMILES string of the molecule is Cc1cc(C(=O)NC(Cc2ccc(-c3cc(Cl)ccc3F)cc2)CC(CC#N)C(=O)O)sn1. The van der Waals surface area contributed by atoms with Gasteiger partial charge in [-0.15, -0.1) is 0 Å². The van der Waals surface area contributed by atoms with Gasteiger partial charge in [0.05, 0.1) is 17.7 Å². The molecule has 2 N–H and O–H groups in total. The third-order valence-corrected chi connectivity index (χ3v) is 6.23. The van der Waals surface area contributed by atoms with Crippen LogP contribution >= 0.6 is 23.1 Å². The monoisotopic (exact) mass is 485 g/mol. The first-order valence-corrected chi connectivity index (χ1v) is 11.3. The van der Waals surface area contributed by atoms with Gasteiger partial charge in [-0.25, -0.2) is 4.39 Å². The highest BCUT2D eigenvalue weighted by Gasteiger charge is 2.25. The summed E-state index contributed by atoms with van der Waals surface area (Å²) in [6.07, 6.45) is 0.280. The van der Waals surface area contributed by atoms with Gasteiger partial charge < -0.3 is 10.4 Å². The number of carboxylic acids is 1. The third-order valence-electron chi connectivity index (χ3n) is 5.12. The van der Waals surface area contributed by atoms with Gasteiger partial charge in [0, 0.05) is 23.0 Å². The summed E-state index contributed by atoms with van der Waals surface area (Å²) >= 11 is 7.05. The lowest BCUT2D eigenvalue weighted by Gasteiger charge is -2.21. The molecule has 1 heterocycles. The van der Waals surface area contributed by atoms with Gasteiger partial charge in [-0.3, -0.25) is 9.59 Å². The van der Waals surface area contributed by atoms with Crippen LogP contribution in [0, 0.1) is 30.0 Å². The Morgan fingerprint density at radius 2 is 1.97 bits per heavy atom. The molecule has 2 aromatic carbocycles. The van der Waals surface area contributed by atoms with Crippen molar-refractivity contribution in [3.05, 3.63) is 75.5 Å². The Hall–Kier alpha value is -3.28. The van der Waals surface area contributed by atoms with Crippen LogP contribution in [0.25, 0.3) is 11.1 Å². The molecule has 0 radical (unpaired) electrons. The lowest BCUT2D eigenvalue weighted by molar-refractivity contribution is -0.142. The highest BCUT2D eigenvalue weighted by atomic mass is 35.5. The number of aryl methyl sites for hydroxylation is 1. The van der Waals surface area contributed by atoms with Crippen molar-refractivity contribution >= 4 is 35.0 Å². The zero-order chi connectivity index (χ0) is 24.0. The third kappa shape index (κ3) is 6.60. The number of benzene rings is 2. The van der Waals surface area contributed by atoms with Gasteiger partial charge in [0.25, 0.3) is 5.91 Å². The van der Waals surface area contributed by atoms with Gasteiger partial charge in [-0.05, 0) is 66.7 Å². The Kier molecular flexibility index (Phi) is 8.15. The Morgan fingerprint density at radius 3 is 2.58 bits per heavy atom. The normalized spacial score (nSPS) is 12.5. The first-order valence-electron chi connectivity index (χ1n) is 10.1. The smallest absolute Gasteiger partial charge is 0.307 e. The molecule has 1 aromatic heterocycles. The second-order valence-electron chi connectivity index (χ2n) is 7.66. The number of carbonyl (C=O) groups excluding carboxylic acids is 1. The molecular weight excluding hydrogens is 465 g/mol. The van der Waals surface area contributed by atoms with Crippen molar-refractivity contribution in [3.63, 3.8) is 0 Å². The molecule has 0 saturated heterocycles. The average molecular weight is 486 g/mol. The fourth-order valence-corrected chi connectivity index (χ4v) is 4.30. The maximum absolute atomic E-state index is 14.2. The summed E-state index contributed by atoms with van der Waals surface area (Å²) in [7, 11) is 0. The molecule has 0 bridgehead atoms. The van der Waals surface area contributed by atoms with Crippen LogP contribution in [0.5, 0.6) is 0 Å². The predicted molar refractivity (Wildman–Crippen MR) is 125 cm³/mol. The topological polar surface area (TPSA) is 103 Å². The van der Waals surface area contributed by atoms with Crippen molar-refractivity contribution in [2.75, 3.05) is 0 Å². The predicted octanol–water partition coefficient (Wildman–Crippen LogP) is 5.26. The Morgan fingerprint density at radius 1 is 1.24 bits per heavy atom. The summed E-state index contributed by atoms with van der Waals surface area (Å²) in [4.78, 5) is 24.7. The van der Waals surface area contributed by atoms with Crippen molar-refractivity contribution < 1.29 is 19.1 Å². The summed E-state index contributed by atoms with van der Waals surface area (Å²) in [5.74, 6) is -2.73. The molecule has 170 valence electrons. The molecule has 1 amide bonds. The lowest BCUT2D eigenvalue weighted by atomic mass is 9.92. The van der Waals surface area contributed by atoms with Gasteiger partial charge >= 0.3 is 5.97 Å². The van der Waals surface area contributed by atoms with E-state index in [0.717, 1.165) is 22.8 Å². The molecule has 0 aliphatic carbocycles. The summed E-state index contributed by atoms with van der Waals surface area (Å²) in [6, 6.07) is 14.5. The van der Waals surface area contributed by atoms with E-state index in [2.05, 4.69) is 9.69 Å². The maximum Gasteiger partial charge on any atom is 0.307 e. The second kappa shape index (κ2) is 11.0. The molecule has 0 spiro atoms. The van der Waals surface area contributed by atoms with E-state index >= 15 is 0 Å². The zero-order valence-corrected chi connectivity index (χ0v) is 19.3. The number of aromatic nitrogens is 1. The molecular formula is C24H21ClFN3O3S. The van der Waals surface area contributed by atoms with Crippen molar-refractivity contribution in [2.45, 2.75) is 32.2 Å². The van der Waals surface area contributed by atoms with Gasteiger partial charge in [0.15, 0.2) is 0 Å². The van der Waals surface area contributed by atoms with Crippen LogP contribution in [-0.4, -0.2) is 27.4 Å². The van der Waals surface area contributed by atoms with Crippen molar-refractivity contribution in [3.8, 4) is 17.2 Å². The van der Waals surface area contributed by atoms with Gasteiger partial charge in [0.2, 0.25) is 0 Å². The van der Waals surface area contributed by atoms with Crippen LogP contribution < -0.4 is 5.32 Å². The minimum Gasteiger partial charge on any atom is -0.481 e. The fraction of sp³-hybridized carbons (Fsp3) is 0.250. The van der Waals surface area contributed by atoms with Crippen molar-refractivity contribution in [2.24, 2.45) is 5.92 Å². The van der Waals surface area contributed by atoms with Gasteiger partial charge in [-0.1, -0.05) is 35.9 Å². The molecule has 0 aliphatic rings. The largest absolute Gasteiger partial charge is 0.481 e. The number of hydrogen-bond acceptors (Lipinski definition) is 5. The number of amides is 1. The van der Waals surface area contributed by atoms with Crippen LogP contribution in [-0.2, 0) is 11.2 Å². The Bertz CT molecular complexity index is 1190. The Labute approximate surface area is 199 Å². The van der Waals surface area contributed by atoms with E-state index in [0.29, 0.717) is 27.4 Å². The highest BCUT2D eigenvalue weighted by molar-refractivity contribution is 7.08. The van der Waals surface area contributed by atoms with E-state index in [1.54, 1.807) is 43.3 Å². The number of carbonyl (C=O) groups is 2. The molecule has 0 fully saturated rings. The van der Waals surface area contributed by atoms with E-state index in [-0.39, 0.29) is 18.7 Å². The molecule has 2 unspecified atom stereocenters. The number of nitrogens with one attached hydrogen (secondary N) is 1. The number of carboxylic acid groups (broad SMARTS) is 1. The van der Waals surface area contributed by atoms with Crippen LogP contribution in [0.4, 0.5) is 4.39 Å². The Balaban J connectivity index is 1.80. The molecule has 3 rings (SSSR count). The number of nitriles is 1. The molecule has 33 heavy (non-hydrogen) atoms. The molecule has 9 heteroatoms. The molecule has 3 aromatic rings. The van der Waals surface area contributed by atoms with Crippen LogP contribution in [0.15, 0.2) is 48.5 Å². The molecule has 6 nitrogen and oxygen atoms in total. The van der Waals surface area contributed by atoms with E-state index in [4.69, 9.17) is 16.9 Å². The molecule has 0 saturated carbocycles. The van der Waals surface area contributed by atoms with Gasteiger partial charge in [0.1, 0.15) is 10.7 Å². The first-order chi connectivity index (χ1) is 15.8. The van der Waals surface area contributed by atoms with E-state index in [1.165, 1.54) is 12.1 Å². The quantitative estimate of drug-likeness (QED) is 0.430. The number of rotatable bonds is 9. The van der Waals surface area contributed by atoms with Crippen molar-refractivity contribution in [1.82, 2.24) is 9.69 Å².